The van der Waals surface area contributed by atoms with Crippen molar-refractivity contribution in [2.45, 2.75) is 66.0 Å². The van der Waals surface area contributed by atoms with E-state index in [0.29, 0.717) is 17.4 Å². The molecule has 1 aromatic heterocycles. The second kappa shape index (κ2) is 10.3. The fourth-order valence-electron chi connectivity index (χ4n) is 3.69. The average molecular weight is 420 g/mol. The largest absolute Gasteiger partial charge is 0.486 e. The van der Waals surface area contributed by atoms with Gasteiger partial charge in [-0.3, -0.25) is 4.79 Å². The molecule has 2 unspecified atom stereocenters. The van der Waals surface area contributed by atoms with Crippen LogP contribution in [0.2, 0.25) is 0 Å². The van der Waals surface area contributed by atoms with Gasteiger partial charge >= 0.3 is 0 Å². The Labute approximate surface area is 185 Å². The van der Waals surface area contributed by atoms with Gasteiger partial charge in [0.25, 0.3) is 5.91 Å². The van der Waals surface area contributed by atoms with Gasteiger partial charge in [-0.25, -0.2) is 0 Å². The van der Waals surface area contributed by atoms with Crippen molar-refractivity contribution in [3.05, 3.63) is 88.4 Å². The van der Waals surface area contributed by atoms with Gasteiger partial charge in [-0.1, -0.05) is 51.1 Å². The third-order valence-electron chi connectivity index (χ3n) is 5.70. The molecule has 0 bridgehead atoms. The van der Waals surface area contributed by atoms with Crippen LogP contribution in [0.1, 0.15) is 84.1 Å². The number of rotatable bonds is 9. The number of furan rings is 1. The number of benzene rings is 2. The van der Waals surface area contributed by atoms with E-state index in [1.54, 1.807) is 12.1 Å². The molecule has 0 saturated heterocycles. The van der Waals surface area contributed by atoms with E-state index in [0.717, 1.165) is 35.3 Å². The van der Waals surface area contributed by atoms with E-state index in [1.165, 1.54) is 5.56 Å². The van der Waals surface area contributed by atoms with Gasteiger partial charge < -0.3 is 14.5 Å². The molecule has 3 rings (SSSR count). The summed E-state index contributed by atoms with van der Waals surface area (Å²) < 4.78 is 11.6. The summed E-state index contributed by atoms with van der Waals surface area (Å²) in [5.41, 5.74) is 4.73. The molecular formula is C27H33NO3. The van der Waals surface area contributed by atoms with Crippen LogP contribution in [0, 0.1) is 13.8 Å². The summed E-state index contributed by atoms with van der Waals surface area (Å²) >= 11 is 0. The first-order valence-corrected chi connectivity index (χ1v) is 11.1. The van der Waals surface area contributed by atoms with Crippen LogP contribution in [0.4, 0.5) is 0 Å². The summed E-state index contributed by atoms with van der Waals surface area (Å²) in [5.74, 6) is 2.04. The molecule has 0 saturated carbocycles. The first-order valence-electron chi connectivity index (χ1n) is 11.1. The van der Waals surface area contributed by atoms with Gasteiger partial charge in [0, 0.05) is 0 Å². The third kappa shape index (κ3) is 6.00. The molecule has 31 heavy (non-hydrogen) atoms. The Morgan fingerprint density at radius 2 is 1.58 bits per heavy atom. The van der Waals surface area contributed by atoms with Crippen molar-refractivity contribution in [1.29, 1.82) is 0 Å². The Morgan fingerprint density at radius 3 is 2.19 bits per heavy atom. The predicted molar refractivity (Wildman–Crippen MR) is 125 cm³/mol. The number of hydrogen-bond donors (Lipinski definition) is 1. The summed E-state index contributed by atoms with van der Waals surface area (Å²) in [5, 5.41) is 3.09. The maximum Gasteiger partial charge on any atom is 0.287 e. The molecular weight excluding hydrogens is 386 g/mol. The number of aryl methyl sites for hydroxylation is 2. The number of ether oxygens (including phenoxy) is 1. The summed E-state index contributed by atoms with van der Waals surface area (Å²) in [4.78, 5) is 12.7. The number of carbonyl (C=O) groups excluding carboxylic acids is 1. The van der Waals surface area contributed by atoms with Gasteiger partial charge in [-0.15, -0.1) is 0 Å². The van der Waals surface area contributed by atoms with Crippen molar-refractivity contribution in [2.75, 3.05) is 0 Å². The van der Waals surface area contributed by atoms with Crippen LogP contribution in [0.5, 0.6) is 5.75 Å². The molecule has 0 radical (unpaired) electrons. The lowest BCUT2D eigenvalue weighted by Gasteiger charge is -2.18. The second-order valence-corrected chi connectivity index (χ2v) is 8.29. The maximum absolute atomic E-state index is 12.7. The van der Waals surface area contributed by atoms with Gasteiger partial charge in [-0.2, -0.15) is 0 Å². The van der Waals surface area contributed by atoms with Crippen LogP contribution in [-0.2, 0) is 6.61 Å². The molecule has 0 spiro atoms. The van der Waals surface area contributed by atoms with Crippen molar-refractivity contribution in [3.8, 4) is 5.75 Å². The van der Waals surface area contributed by atoms with Gasteiger partial charge in [0.15, 0.2) is 5.76 Å². The molecule has 4 nitrogen and oxygen atoms in total. The summed E-state index contributed by atoms with van der Waals surface area (Å²) in [6.45, 7) is 10.8. The Kier molecular flexibility index (Phi) is 7.56. The van der Waals surface area contributed by atoms with E-state index in [9.17, 15) is 4.79 Å². The molecule has 2 atom stereocenters. The highest BCUT2D eigenvalue weighted by Gasteiger charge is 2.17. The molecule has 0 fully saturated rings. The molecule has 1 heterocycles. The zero-order valence-corrected chi connectivity index (χ0v) is 19.2. The monoisotopic (exact) mass is 419 g/mol. The highest BCUT2D eigenvalue weighted by molar-refractivity contribution is 5.91. The first-order chi connectivity index (χ1) is 14.9. The number of carbonyl (C=O) groups is 1. The summed E-state index contributed by atoms with van der Waals surface area (Å²) in [7, 11) is 0. The van der Waals surface area contributed by atoms with Gasteiger partial charge in [0.2, 0.25) is 0 Å². The second-order valence-electron chi connectivity index (χ2n) is 8.29. The molecule has 0 aliphatic heterocycles. The predicted octanol–water partition coefficient (Wildman–Crippen LogP) is 6.87. The molecule has 4 heteroatoms. The normalized spacial score (nSPS) is 12.9. The quantitative estimate of drug-likeness (QED) is 0.412. The van der Waals surface area contributed by atoms with Crippen LogP contribution in [0.15, 0.2) is 59.0 Å². The maximum atomic E-state index is 12.7. The van der Waals surface area contributed by atoms with Crippen molar-refractivity contribution in [2.24, 2.45) is 0 Å². The molecule has 1 N–H and O–H groups in total. The fourth-order valence-corrected chi connectivity index (χ4v) is 3.69. The summed E-state index contributed by atoms with van der Waals surface area (Å²) in [6, 6.07) is 18.1. The Bertz CT molecular complexity index is 983. The molecule has 2 aromatic carbocycles. The van der Waals surface area contributed by atoms with Crippen LogP contribution in [0.25, 0.3) is 0 Å². The SMILES string of the molecule is CCC(C)c1ccc(C(CC)NC(=O)c2ccc(COc3cc(C)cc(C)c3)o2)cc1. The smallest absolute Gasteiger partial charge is 0.287 e. The summed E-state index contributed by atoms with van der Waals surface area (Å²) in [6.07, 6.45) is 1.92. The minimum atomic E-state index is -0.212. The highest BCUT2D eigenvalue weighted by atomic mass is 16.5. The van der Waals surface area contributed by atoms with Crippen LogP contribution < -0.4 is 10.1 Å². The standard InChI is InChI=1S/C27H33NO3/c1-6-20(5)21-8-10-22(11-9-21)25(7-2)28-27(29)26-13-12-23(31-26)17-30-24-15-18(3)14-19(4)16-24/h8-16,20,25H,6-7,17H2,1-5H3,(H,28,29). The zero-order valence-electron chi connectivity index (χ0n) is 19.2. The van der Waals surface area contributed by atoms with Crippen LogP contribution in [0.3, 0.4) is 0 Å². The van der Waals surface area contributed by atoms with Crippen LogP contribution in [-0.4, -0.2) is 5.91 Å². The lowest BCUT2D eigenvalue weighted by atomic mass is 9.95. The molecule has 3 aromatic rings. The first kappa shape index (κ1) is 22.7. The van der Waals surface area contributed by atoms with Crippen LogP contribution >= 0.6 is 0 Å². The van der Waals surface area contributed by atoms with E-state index in [-0.39, 0.29) is 18.6 Å². The lowest BCUT2D eigenvalue weighted by molar-refractivity contribution is 0.0903. The fraction of sp³-hybridized carbons (Fsp3) is 0.370. The van der Waals surface area contributed by atoms with Gasteiger partial charge in [0.1, 0.15) is 18.1 Å². The molecule has 0 aliphatic rings. The Morgan fingerprint density at radius 1 is 0.935 bits per heavy atom. The van der Waals surface area contributed by atoms with E-state index in [1.807, 2.05) is 26.0 Å². The molecule has 164 valence electrons. The van der Waals surface area contributed by atoms with Gasteiger partial charge in [-0.05, 0) is 79.1 Å². The Balaban J connectivity index is 1.61. The topological polar surface area (TPSA) is 51.5 Å². The molecule has 0 aliphatic carbocycles. The Hall–Kier alpha value is -3.01. The minimum absolute atomic E-state index is 0.0569. The van der Waals surface area contributed by atoms with E-state index in [2.05, 4.69) is 56.4 Å². The van der Waals surface area contributed by atoms with Crippen molar-refractivity contribution in [1.82, 2.24) is 5.32 Å². The minimum Gasteiger partial charge on any atom is -0.486 e. The van der Waals surface area contributed by atoms with Gasteiger partial charge in [0.05, 0.1) is 6.04 Å². The highest BCUT2D eigenvalue weighted by Crippen LogP contribution is 2.23. The van der Waals surface area contributed by atoms with E-state index >= 15 is 0 Å². The van der Waals surface area contributed by atoms with E-state index in [4.69, 9.17) is 9.15 Å². The van der Waals surface area contributed by atoms with Crippen molar-refractivity contribution in [3.63, 3.8) is 0 Å². The third-order valence-corrected chi connectivity index (χ3v) is 5.70. The average Bonchev–Trinajstić information content (AvgIpc) is 3.24. The number of nitrogens with one attached hydrogen (secondary N) is 1. The van der Waals surface area contributed by atoms with Crippen molar-refractivity contribution < 1.29 is 13.9 Å². The van der Waals surface area contributed by atoms with Crippen molar-refractivity contribution >= 4 is 5.91 Å². The number of hydrogen-bond acceptors (Lipinski definition) is 3. The molecule has 1 amide bonds. The van der Waals surface area contributed by atoms with E-state index < -0.39 is 0 Å². The number of amides is 1. The lowest BCUT2D eigenvalue weighted by Crippen LogP contribution is -2.27. The zero-order chi connectivity index (χ0) is 22.4.